The predicted molar refractivity (Wildman–Crippen MR) is 135 cm³/mol. The highest BCUT2D eigenvalue weighted by atomic mass is 32.2. The second-order valence-electron chi connectivity index (χ2n) is 8.37. The summed E-state index contributed by atoms with van der Waals surface area (Å²) in [6.45, 7) is 3.27. The number of benzene rings is 3. The van der Waals surface area contributed by atoms with Crippen LogP contribution in [0, 0.1) is 0 Å². The molecule has 0 saturated heterocycles. The summed E-state index contributed by atoms with van der Waals surface area (Å²) in [5.74, 6) is 0.477. The molecule has 1 amide bonds. The summed E-state index contributed by atoms with van der Waals surface area (Å²) in [7, 11) is -3.66. The number of ether oxygens (including phenoxy) is 1. The zero-order valence-electron chi connectivity index (χ0n) is 19.4. The summed E-state index contributed by atoms with van der Waals surface area (Å²) in [5.41, 5.74) is 2.79. The summed E-state index contributed by atoms with van der Waals surface area (Å²) in [6, 6.07) is 20.9. The number of hydrogen-bond donors (Lipinski definition) is 1. The lowest BCUT2D eigenvalue weighted by molar-refractivity contribution is 0.102. The maximum atomic E-state index is 13.1. The Morgan fingerprint density at radius 3 is 2.41 bits per heavy atom. The Balaban J connectivity index is 1.36. The third kappa shape index (κ3) is 5.42. The van der Waals surface area contributed by atoms with Crippen LogP contribution in [0.3, 0.4) is 0 Å². The van der Waals surface area contributed by atoms with Crippen molar-refractivity contribution in [1.29, 1.82) is 0 Å². The second-order valence-corrected chi connectivity index (χ2v) is 10.2. The van der Waals surface area contributed by atoms with E-state index in [0.29, 0.717) is 30.8 Å². The number of rotatable bonds is 10. The molecule has 1 aliphatic rings. The minimum Gasteiger partial charge on any atom is -0.494 e. The summed E-state index contributed by atoms with van der Waals surface area (Å²) in [4.78, 5) is 12.8. The van der Waals surface area contributed by atoms with Crippen molar-refractivity contribution in [3.63, 3.8) is 0 Å². The standard InChI is InChI=1S/C27H30N2O4S/c1-2-3-4-7-20-33-24-14-10-22(11-15-24)27(30)28-23-12-16-25(17-13-23)34(31,32)29-19-18-21-8-5-6-9-26(21)29/h5-6,8-17H,2-4,7,18-20H2,1H3,(H,28,30). The second kappa shape index (κ2) is 10.7. The molecule has 34 heavy (non-hydrogen) atoms. The minimum absolute atomic E-state index is 0.197. The van der Waals surface area contributed by atoms with Crippen molar-refractivity contribution in [3.8, 4) is 5.75 Å². The van der Waals surface area contributed by atoms with E-state index in [1.165, 1.54) is 29.3 Å². The van der Waals surface area contributed by atoms with Gasteiger partial charge in [0.15, 0.2) is 0 Å². The lowest BCUT2D eigenvalue weighted by Gasteiger charge is -2.19. The van der Waals surface area contributed by atoms with Crippen LogP contribution in [0.25, 0.3) is 0 Å². The van der Waals surface area contributed by atoms with Crippen LogP contribution in [0.5, 0.6) is 5.75 Å². The molecule has 7 heteroatoms. The van der Waals surface area contributed by atoms with E-state index in [4.69, 9.17) is 4.74 Å². The van der Waals surface area contributed by atoms with Gasteiger partial charge in [-0.2, -0.15) is 0 Å². The molecule has 1 heterocycles. The third-order valence-electron chi connectivity index (χ3n) is 5.93. The van der Waals surface area contributed by atoms with Crippen molar-refractivity contribution in [3.05, 3.63) is 83.9 Å². The molecule has 178 valence electrons. The fourth-order valence-electron chi connectivity index (χ4n) is 4.02. The van der Waals surface area contributed by atoms with Crippen molar-refractivity contribution >= 4 is 27.3 Å². The van der Waals surface area contributed by atoms with Gasteiger partial charge < -0.3 is 10.1 Å². The van der Waals surface area contributed by atoms with Gasteiger partial charge in [0.1, 0.15) is 5.75 Å². The number of sulfonamides is 1. The predicted octanol–water partition coefficient (Wildman–Crippen LogP) is 5.65. The first kappa shape index (κ1) is 23.8. The first-order chi connectivity index (χ1) is 16.5. The molecule has 0 saturated carbocycles. The van der Waals surface area contributed by atoms with Gasteiger partial charge >= 0.3 is 0 Å². The Bertz CT molecular complexity index is 1220. The van der Waals surface area contributed by atoms with E-state index in [0.717, 1.165) is 29.8 Å². The van der Waals surface area contributed by atoms with E-state index in [-0.39, 0.29) is 10.8 Å². The highest BCUT2D eigenvalue weighted by Gasteiger charge is 2.30. The monoisotopic (exact) mass is 478 g/mol. The quantitative estimate of drug-likeness (QED) is 0.382. The lowest BCUT2D eigenvalue weighted by Crippen LogP contribution is -2.29. The minimum atomic E-state index is -3.66. The zero-order chi connectivity index (χ0) is 24.0. The largest absolute Gasteiger partial charge is 0.494 e. The number of para-hydroxylation sites is 1. The van der Waals surface area contributed by atoms with Gasteiger partial charge in [-0.15, -0.1) is 0 Å². The number of anilines is 2. The molecule has 0 atom stereocenters. The number of nitrogens with zero attached hydrogens (tertiary/aromatic N) is 1. The van der Waals surface area contributed by atoms with Gasteiger partial charge in [0.25, 0.3) is 15.9 Å². The number of unbranched alkanes of at least 4 members (excludes halogenated alkanes) is 3. The molecule has 0 unspecified atom stereocenters. The first-order valence-electron chi connectivity index (χ1n) is 11.7. The Kier molecular flexibility index (Phi) is 7.53. The molecule has 0 radical (unpaired) electrons. The molecule has 1 aliphatic heterocycles. The molecule has 1 N–H and O–H groups in total. The Morgan fingerprint density at radius 2 is 1.68 bits per heavy atom. The van der Waals surface area contributed by atoms with Crippen molar-refractivity contribution in [2.24, 2.45) is 0 Å². The smallest absolute Gasteiger partial charge is 0.264 e. The molecule has 4 rings (SSSR count). The molecular weight excluding hydrogens is 448 g/mol. The van der Waals surface area contributed by atoms with E-state index >= 15 is 0 Å². The Morgan fingerprint density at radius 1 is 0.941 bits per heavy atom. The zero-order valence-corrected chi connectivity index (χ0v) is 20.2. The SMILES string of the molecule is CCCCCCOc1ccc(C(=O)Nc2ccc(S(=O)(=O)N3CCc4ccccc43)cc2)cc1. The average molecular weight is 479 g/mol. The van der Waals surface area contributed by atoms with E-state index < -0.39 is 10.0 Å². The molecular formula is C27H30N2O4S. The summed E-state index contributed by atoms with van der Waals surface area (Å²) >= 11 is 0. The van der Waals surface area contributed by atoms with Gasteiger partial charge in [-0.05, 0) is 73.0 Å². The van der Waals surface area contributed by atoms with E-state index in [1.54, 1.807) is 36.4 Å². The van der Waals surface area contributed by atoms with Gasteiger partial charge in [0.2, 0.25) is 0 Å². The van der Waals surface area contributed by atoms with Crippen LogP contribution in [-0.2, 0) is 16.4 Å². The highest BCUT2D eigenvalue weighted by molar-refractivity contribution is 7.92. The fourth-order valence-corrected chi connectivity index (χ4v) is 5.52. The molecule has 3 aromatic rings. The summed E-state index contributed by atoms with van der Waals surface area (Å²) in [6.07, 6.45) is 5.28. The van der Waals surface area contributed by atoms with Crippen LogP contribution in [0.1, 0.15) is 48.5 Å². The number of carbonyl (C=O) groups is 1. The number of carbonyl (C=O) groups excluding carboxylic acids is 1. The first-order valence-corrected chi connectivity index (χ1v) is 13.2. The van der Waals surface area contributed by atoms with Gasteiger partial charge in [-0.3, -0.25) is 9.10 Å². The molecule has 0 fully saturated rings. The topological polar surface area (TPSA) is 75.7 Å². The molecule has 0 bridgehead atoms. The number of amides is 1. The molecule has 0 aliphatic carbocycles. The van der Waals surface area contributed by atoms with Gasteiger partial charge in [0, 0.05) is 17.8 Å². The van der Waals surface area contributed by atoms with Crippen molar-refractivity contribution in [2.45, 2.75) is 43.9 Å². The third-order valence-corrected chi connectivity index (χ3v) is 7.76. The van der Waals surface area contributed by atoms with Gasteiger partial charge in [0.05, 0.1) is 17.2 Å². The Hall–Kier alpha value is -3.32. The van der Waals surface area contributed by atoms with Gasteiger partial charge in [-0.25, -0.2) is 8.42 Å². The van der Waals surface area contributed by atoms with Crippen LogP contribution >= 0.6 is 0 Å². The van der Waals surface area contributed by atoms with Crippen molar-refractivity contribution in [1.82, 2.24) is 0 Å². The van der Waals surface area contributed by atoms with Crippen molar-refractivity contribution < 1.29 is 17.9 Å². The number of nitrogens with one attached hydrogen (secondary N) is 1. The maximum Gasteiger partial charge on any atom is 0.264 e. The summed E-state index contributed by atoms with van der Waals surface area (Å²) < 4.78 is 33.4. The summed E-state index contributed by atoms with van der Waals surface area (Å²) in [5, 5.41) is 2.82. The van der Waals surface area contributed by atoms with Crippen LogP contribution in [-0.4, -0.2) is 27.5 Å². The van der Waals surface area contributed by atoms with Crippen LogP contribution in [0.4, 0.5) is 11.4 Å². The Labute approximate surface area is 201 Å². The maximum absolute atomic E-state index is 13.1. The lowest BCUT2D eigenvalue weighted by atomic mass is 10.2. The normalized spacial score (nSPS) is 12.9. The van der Waals surface area contributed by atoms with Crippen molar-refractivity contribution in [2.75, 3.05) is 22.8 Å². The number of hydrogen-bond acceptors (Lipinski definition) is 4. The fraction of sp³-hybridized carbons (Fsp3) is 0.296. The molecule has 6 nitrogen and oxygen atoms in total. The molecule has 0 spiro atoms. The number of fused-ring (bicyclic) bond motifs is 1. The van der Waals surface area contributed by atoms with Crippen LogP contribution in [0.15, 0.2) is 77.7 Å². The van der Waals surface area contributed by atoms with E-state index in [9.17, 15) is 13.2 Å². The van der Waals surface area contributed by atoms with Crippen LogP contribution < -0.4 is 14.4 Å². The van der Waals surface area contributed by atoms with Crippen LogP contribution in [0.2, 0.25) is 0 Å². The average Bonchev–Trinajstić information content (AvgIpc) is 3.30. The molecule has 3 aromatic carbocycles. The van der Waals surface area contributed by atoms with E-state index in [2.05, 4.69) is 12.2 Å². The van der Waals surface area contributed by atoms with Gasteiger partial charge in [-0.1, -0.05) is 44.4 Å². The molecule has 0 aromatic heterocycles. The highest BCUT2D eigenvalue weighted by Crippen LogP contribution is 2.32. The van der Waals surface area contributed by atoms with E-state index in [1.807, 2.05) is 24.3 Å².